The number of rotatable bonds is 10. The molecule has 2 aliphatic heterocycles. The minimum Gasteiger partial charge on any atom is -0.506 e. The number of carbonyl (C=O) groups excluding carboxylic acids is 2. The van der Waals surface area contributed by atoms with Crippen molar-refractivity contribution in [2.75, 3.05) is 26.3 Å². The molecule has 5 rings (SSSR count). The van der Waals surface area contributed by atoms with E-state index >= 15 is 0 Å². The van der Waals surface area contributed by atoms with E-state index in [0.29, 0.717) is 25.9 Å². The molecular weight excluding hydrogens is 638 g/mol. The van der Waals surface area contributed by atoms with Gasteiger partial charge in [0.05, 0.1) is 46.6 Å². The van der Waals surface area contributed by atoms with Gasteiger partial charge in [-0.25, -0.2) is 9.59 Å². The Morgan fingerprint density at radius 3 is 1.77 bits per heavy atom. The monoisotopic (exact) mass is 671 g/mol. The van der Waals surface area contributed by atoms with Crippen molar-refractivity contribution in [3.63, 3.8) is 0 Å². The topological polar surface area (TPSA) is 226 Å². The molecule has 2 unspecified atom stereocenters. The third-order valence-corrected chi connectivity index (χ3v) is 8.68. The van der Waals surface area contributed by atoms with Gasteiger partial charge in [-0.15, -0.1) is 0 Å². The maximum atomic E-state index is 14.0. The number of nitro groups is 1. The van der Waals surface area contributed by atoms with Gasteiger partial charge < -0.3 is 40.3 Å². The van der Waals surface area contributed by atoms with Crippen molar-refractivity contribution < 1.29 is 34.2 Å². The predicted octanol–water partition coefficient (Wildman–Crippen LogP) is 3.42. The van der Waals surface area contributed by atoms with Crippen molar-refractivity contribution in [2.24, 2.45) is 0 Å². The van der Waals surface area contributed by atoms with E-state index in [9.17, 15) is 39.5 Å². The van der Waals surface area contributed by atoms with Crippen LogP contribution in [0.1, 0.15) is 106 Å². The van der Waals surface area contributed by atoms with E-state index in [-0.39, 0.29) is 46.3 Å². The first kappa shape index (κ1) is 33.6. The van der Waals surface area contributed by atoms with Gasteiger partial charge in [-0.1, -0.05) is 17.7 Å². The number of pyridine rings is 2. The van der Waals surface area contributed by atoms with Crippen molar-refractivity contribution >= 4 is 29.2 Å². The molecule has 0 saturated carbocycles. The van der Waals surface area contributed by atoms with Gasteiger partial charge in [0.15, 0.2) is 0 Å². The van der Waals surface area contributed by atoms with Crippen LogP contribution in [0.3, 0.4) is 0 Å². The third-order valence-electron chi connectivity index (χ3n) is 8.36. The number of nitrogens with zero attached hydrogens (tertiary/aromatic N) is 1. The van der Waals surface area contributed by atoms with Crippen LogP contribution in [0.25, 0.3) is 0 Å². The Kier molecular flexibility index (Phi) is 9.98. The molecule has 0 spiro atoms. The van der Waals surface area contributed by atoms with Crippen LogP contribution in [0, 0.1) is 10.1 Å². The number of halogens is 1. The SMILES string of the molecule is CCOC(=O)c1c(C2CCCN2)[nH]c(=O)c(C(c2ccc(Cl)c([N+](=O)[O-])c2)c2c(O)c(C(=O)OCC)c(C3CCCN3)[nH]c2=O)c1O. The zero-order chi connectivity index (χ0) is 34.0. The summed E-state index contributed by atoms with van der Waals surface area (Å²) in [5.41, 5.74) is -4.52. The molecule has 6 N–H and O–H groups in total. The fourth-order valence-electron chi connectivity index (χ4n) is 6.31. The Labute approximate surface area is 272 Å². The van der Waals surface area contributed by atoms with Crippen LogP contribution >= 0.6 is 11.6 Å². The second-order valence-corrected chi connectivity index (χ2v) is 11.6. The number of benzene rings is 1. The Hall–Kier alpha value is -4.73. The van der Waals surface area contributed by atoms with E-state index in [1.165, 1.54) is 6.07 Å². The summed E-state index contributed by atoms with van der Waals surface area (Å²) in [5.74, 6) is -5.44. The molecule has 0 radical (unpaired) electrons. The highest BCUT2D eigenvalue weighted by Crippen LogP contribution is 2.44. The lowest BCUT2D eigenvalue weighted by atomic mass is 9.82. The van der Waals surface area contributed by atoms with E-state index in [2.05, 4.69) is 20.6 Å². The van der Waals surface area contributed by atoms with Gasteiger partial charge in [-0.05, 0) is 64.3 Å². The van der Waals surface area contributed by atoms with Gasteiger partial charge in [-0.3, -0.25) is 19.7 Å². The lowest BCUT2D eigenvalue weighted by Crippen LogP contribution is -2.31. The molecule has 0 aliphatic carbocycles. The lowest BCUT2D eigenvalue weighted by molar-refractivity contribution is -0.384. The van der Waals surface area contributed by atoms with Crippen molar-refractivity contribution in [1.29, 1.82) is 0 Å². The van der Waals surface area contributed by atoms with E-state index < -0.39 is 74.3 Å². The van der Waals surface area contributed by atoms with Gasteiger partial charge in [0.1, 0.15) is 27.6 Å². The number of nitro benzene ring substituents is 1. The number of aromatic nitrogens is 2. The molecule has 2 saturated heterocycles. The molecular formula is C31H34ClN5O10. The van der Waals surface area contributed by atoms with Crippen LogP contribution in [0.15, 0.2) is 27.8 Å². The Morgan fingerprint density at radius 2 is 1.38 bits per heavy atom. The molecule has 4 heterocycles. The molecule has 3 aromatic rings. The number of aromatic amines is 2. The summed E-state index contributed by atoms with van der Waals surface area (Å²) >= 11 is 6.09. The first-order valence-corrected chi connectivity index (χ1v) is 15.6. The van der Waals surface area contributed by atoms with Crippen molar-refractivity contribution in [2.45, 2.75) is 57.5 Å². The molecule has 2 aliphatic rings. The van der Waals surface area contributed by atoms with Gasteiger partial charge in [0.25, 0.3) is 16.8 Å². The molecule has 15 nitrogen and oxygen atoms in total. The molecule has 47 heavy (non-hydrogen) atoms. The van der Waals surface area contributed by atoms with Crippen LogP contribution < -0.4 is 21.8 Å². The highest BCUT2D eigenvalue weighted by atomic mass is 35.5. The minimum absolute atomic E-state index is 0.0565. The average Bonchev–Trinajstić information content (AvgIpc) is 3.75. The standard InChI is InChI=1S/C31H34ClN5O10/c1-3-46-30(42)22-24(16-7-5-11-33-16)35-28(40)20(26(22)38)19(14-9-10-15(32)18(13-14)37(44)45)21-27(39)23(31(43)47-4-2)25(36-29(21)41)17-8-6-12-34-17/h9-10,13,16-17,19,33-34H,3-8,11-12H2,1-2H3,(H2,35,38,40)(H2,36,39,41). The Morgan fingerprint density at radius 1 is 0.915 bits per heavy atom. The van der Waals surface area contributed by atoms with Gasteiger partial charge in [0.2, 0.25) is 0 Å². The summed E-state index contributed by atoms with van der Waals surface area (Å²) in [5, 5.41) is 41.5. The predicted molar refractivity (Wildman–Crippen MR) is 168 cm³/mol. The molecule has 16 heteroatoms. The number of aromatic hydroxyl groups is 2. The second-order valence-electron chi connectivity index (χ2n) is 11.1. The smallest absolute Gasteiger partial charge is 0.343 e. The maximum Gasteiger partial charge on any atom is 0.343 e. The molecule has 2 fully saturated rings. The minimum atomic E-state index is -1.77. The number of carbonyl (C=O) groups is 2. The zero-order valence-corrected chi connectivity index (χ0v) is 26.4. The van der Waals surface area contributed by atoms with E-state index in [1.54, 1.807) is 13.8 Å². The van der Waals surface area contributed by atoms with Crippen molar-refractivity contribution in [3.05, 3.63) is 93.2 Å². The van der Waals surface area contributed by atoms with Gasteiger partial charge in [0, 0.05) is 18.2 Å². The normalized spacial score (nSPS) is 18.2. The fraction of sp³-hybridized carbons (Fsp3) is 0.419. The van der Waals surface area contributed by atoms with Crippen LogP contribution in [0.5, 0.6) is 11.5 Å². The first-order chi connectivity index (χ1) is 22.5. The number of nitrogens with one attached hydrogen (secondary N) is 4. The number of H-pyrrole nitrogens is 2. The van der Waals surface area contributed by atoms with Crippen LogP contribution in [-0.4, -0.2) is 63.3 Å². The second kappa shape index (κ2) is 13.9. The first-order valence-electron chi connectivity index (χ1n) is 15.2. The maximum absolute atomic E-state index is 14.0. The summed E-state index contributed by atoms with van der Waals surface area (Å²) in [6.45, 7) is 4.13. The number of hydrogen-bond donors (Lipinski definition) is 6. The molecule has 2 atom stereocenters. The average molecular weight is 672 g/mol. The van der Waals surface area contributed by atoms with Gasteiger partial charge >= 0.3 is 11.9 Å². The molecule has 0 bridgehead atoms. The van der Waals surface area contributed by atoms with Crippen LogP contribution in [0.2, 0.25) is 5.02 Å². The summed E-state index contributed by atoms with van der Waals surface area (Å²) in [6, 6.07) is 2.36. The van der Waals surface area contributed by atoms with Crippen molar-refractivity contribution in [1.82, 2.24) is 20.6 Å². The molecule has 0 amide bonds. The Balaban J connectivity index is 1.88. The number of hydrogen-bond acceptors (Lipinski definition) is 12. The Bertz CT molecular complexity index is 1740. The number of esters is 2. The lowest BCUT2D eigenvalue weighted by Gasteiger charge is -2.25. The summed E-state index contributed by atoms with van der Waals surface area (Å²) < 4.78 is 10.4. The van der Waals surface area contributed by atoms with Crippen LogP contribution in [-0.2, 0) is 9.47 Å². The largest absolute Gasteiger partial charge is 0.506 e. The highest BCUT2D eigenvalue weighted by Gasteiger charge is 2.39. The summed E-state index contributed by atoms with van der Waals surface area (Å²) in [6.07, 6.45) is 2.48. The third kappa shape index (κ3) is 6.33. The van der Waals surface area contributed by atoms with E-state index in [1.807, 2.05) is 0 Å². The molecule has 1 aromatic carbocycles. The van der Waals surface area contributed by atoms with Crippen molar-refractivity contribution in [3.8, 4) is 11.5 Å². The number of ether oxygens (including phenoxy) is 2. The fourth-order valence-corrected chi connectivity index (χ4v) is 6.50. The van der Waals surface area contributed by atoms with Crippen LogP contribution in [0.4, 0.5) is 5.69 Å². The molecule has 250 valence electrons. The summed E-state index contributed by atoms with van der Waals surface area (Å²) in [7, 11) is 0. The quantitative estimate of drug-likeness (QED) is 0.104. The van der Waals surface area contributed by atoms with Gasteiger partial charge in [-0.2, -0.15) is 0 Å². The molecule has 2 aromatic heterocycles. The van der Waals surface area contributed by atoms with E-state index in [0.717, 1.165) is 25.0 Å². The summed E-state index contributed by atoms with van der Waals surface area (Å²) in [4.78, 5) is 71.0. The zero-order valence-electron chi connectivity index (χ0n) is 25.6. The van der Waals surface area contributed by atoms with E-state index in [4.69, 9.17) is 21.1 Å². The highest BCUT2D eigenvalue weighted by molar-refractivity contribution is 6.32.